The van der Waals surface area contributed by atoms with Gasteiger partial charge in [0.1, 0.15) is 12.4 Å². The van der Waals surface area contributed by atoms with E-state index in [-0.39, 0.29) is 0 Å². The number of alkyl halides is 1. The van der Waals surface area contributed by atoms with Gasteiger partial charge in [-0.05, 0) is 23.8 Å². The average molecular weight is 235 g/mol. The Balaban J connectivity index is 1.99. The fourth-order valence-corrected chi connectivity index (χ4v) is 1.44. The lowest BCUT2D eigenvalue weighted by atomic mass is 10.2. The number of hydrogen-bond acceptors (Lipinski definition) is 3. The van der Waals surface area contributed by atoms with Gasteiger partial charge in [-0.1, -0.05) is 12.1 Å². The van der Waals surface area contributed by atoms with E-state index >= 15 is 0 Å². The summed E-state index contributed by atoms with van der Waals surface area (Å²) in [5.74, 6) is 1.93. The van der Waals surface area contributed by atoms with E-state index in [4.69, 9.17) is 16.3 Å². The van der Waals surface area contributed by atoms with Gasteiger partial charge in [-0.3, -0.25) is 0 Å². The molecule has 82 valence electrons. The maximum Gasteiger partial charge on any atom is 0.166 e. The van der Waals surface area contributed by atoms with E-state index in [0.29, 0.717) is 18.3 Å². The fraction of sp³-hybridized carbons (Fsp3) is 0.167. The Bertz CT molecular complexity index is 448. The van der Waals surface area contributed by atoms with Crippen LogP contribution < -0.4 is 4.74 Å². The molecule has 0 radical (unpaired) electrons. The van der Waals surface area contributed by atoms with E-state index in [2.05, 4.69) is 9.97 Å². The first-order valence-electron chi connectivity index (χ1n) is 4.92. The standard InChI is InChI=1S/C12H11ClN2O/c13-8-10-3-1-4-11(7-10)16-9-12-14-5-2-6-15-12/h1-7H,8-9H2. The van der Waals surface area contributed by atoms with Crippen LogP contribution >= 0.6 is 11.6 Å². The summed E-state index contributed by atoms with van der Waals surface area (Å²) in [6.07, 6.45) is 3.39. The second kappa shape index (κ2) is 5.47. The Hall–Kier alpha value is -1.61. The summed E-state index contributed by atoms with van der Waals surface area (Å²) in [6.45, 7) is 0.368. The zero-order valence-electron chi connectivity index (χ0n) is 8.64. The lowest BCUT2D eigenvalue weighted by Crippen LogP contribution is -2.00. The summed E-state index contributed by atoms with van der Waals surface area (Å²) in [5, 5.41) is 0. The van der Waals surface area contributed by atoms with Crippen molar-refractivity contribution in [3.63, 3.8) is 0 Å². The molecule has 16 heavy (non-hydrogen) atoms. The van der Waals surface area contributed by atoms with Crippen molar-refractivity contribution in [1.82, 2.24) is 9.97 Å². The molecule has 0 aliphatic heterocycles. The lowest BCUT2D eigenvalue weighted by Gasteiger charge is -2.05. The molecule has 0 unspecified atom stereocenters. The Kier molecular flexibility index (Phi) is 3.72. The molecule has 1 aromatic heterocycles. The highest BCUT2D eigenvalue weighted by atomic mass is 35.5. The molecule has 0 spiro atoms. The fourth-order valence-electron chi connectivity index (χ4n) is 1.27. The van der Waals surface area contributed by atoms with Crippen molar-refractivity contribution in [2.75, 3.05) is 0 Å². The molecule has 0 fully saturated rings. The summed E-state index contributed by atoms with van der Waals surface area (Å²) in [5.41, 5.74) is 1.04. The molecular weight excluding hydrogens is 224 g/mol. The largest absolute Gasteiger partial charge is 0.486 e. The molecule has 0 bridgehead atoms. The topological polar surface area (TPSA) is 35.0 Å². The SMILES string of the molecule is ClCc1cccc(OCc2ncccn2)c1. The van der Waals surface area contributed by atoms with Gasteiger partial charge < -0.3 is 4.74 Å². The molecule has 4 heteroatoms. The van der Waals surface area contributed by atoms with Crippen LogP contribution in [0, 0.1) is 0 Å². The van der Waals surface area contributed by atoms with Gasteiger partial charge >= 0.3 is 0 Å². The third-order valence-electron chi connectivity index (χ3n) is 2.04. The van der Waals surface area contributed by atoms with Gasteiger partial charge in [0, 0.05) is 18.3 Å². The summed E-state index contributed by atoms with van der Waals surface area (Å²) in [4.78, 5) is 8.15. The highest BCUT2D eigenvalue weighted by Crippen LogP contribution is 2.15. The van der Waals surface area contributed by atoms with Gasteiger partial charge in [-0.15, -0.1) is 11.6 Å². The van der Waals surface area contributed by atoms with E-state index in [1.807, 2.05) is 24.3 Å². The number of nitrogens with zero attached hydrogens (tertiary/aromatic N) is 2. The lowest BCUT2D eigenvalue weighted by molar-refractivity contribution is 0.295. The van der Waals surface area contributed by atoms with Gasteiger partial charge in [-0.2, -0.15) is 0 Å². The molecular formula is C12H11ClN2O. The second-order valence-corrected chi connectivity index (χ2v) is 3.50. The van der Waals surface area contributed by atoms with Crippen LogP contribution in [0.4, 0.5) is 0 Å². The van der Waals surface area contributed by atoms with E-state index < -0.39 is 0 Å². The molecule has 1 heterocycles. The first kappa shape index (κ1) is 10.9. The number of halogens is 1. The minimum absolute atomic E-state index is 0.368. The Labute approximate surface area is 99.1 Å². The molecule has 3 nitrogen and oxygen atoms in total. The van der Waals surface area contributed by atoms with Crippen LogP contribution in [0.25, 0.3) is 0 Å². The number of hydrogen-bond donors (Lipinski definition) is 0. The number of ether oxygens (including phenoxy) is 1. The van der Waals surface area contributed by atoms with Crippen molar-refractivity contribution in [2.24, 2.45) is 0 Å². The first-order chi connectivity index (χ1) is 7.88. The number of rotatable bonds is 4. The van der Waals surface area contributed by atoms with Crippen molar-refractivity contribution in [1.29, 1.82) is 0 Å². The van der Waals surface area contributed by atoms with E-state index in [0.717, 1.165) is 11.3 Å². The van der Waals surface area contributed by atoms with Gasteiger partial charge in [-0.25, -0.2) is 9.97 Å². The molecule has 0 saturated carbocycles. The minimum Gasteiger partial charge on any atom is -0.486 e. The maximum absolute atomic E-state index is 5.74. The molecule has 2 aromatic rings. The Morgan fingerprint density at radius 2 is 1.94 bits per heavy atom. The molecule has 0 amide bonds. The molecule has 0 atom stereocenters. The molecule has 0 N–H and O–H groups in total. The van der Waals surface area contributed by atoms with Crippen molar-refractivity contribution in [2.45, 2.75) is 12.5 Å². The molecule has 1 aromatic carbocycles. The number of aromatic nitrogens is 2. The first-order valence-corrected chi connectivity index (χ1v) is 5.45. The summed E-state index contributed by atoms with van der Waals surface area (Å²) in [7, 11) is 0. The van der Waals surface area contributed by atoms with E-state index in [1.54, 1.807) is 18.5 Å². The zero-order valence-corrected chi connectivity index (χ0v) is 9.39. The Morgan fingerprint density at radius 1 is 1.12 bits per heavy atom. The molecule has 0 aliphatic carbocycles. The van der Waals surface area contributed by atoms with E-state index in [1.165, 1.54) is 0 Å². The highest BCUT2D eigenvalue weighted by Gasteiger charge is 1.98. The quantitative estimate of drug-likeness (QED) is 0.763. The van der Waals surface area contributed by atoms with Gasteiger partial charge in [0.05, 0.1) is 0 Å². The van der Waals surface area contributed by atoms with Crippen molar-refractivity contribution >= 4 is 11.6 Å². The third-order valence-corrected chi connectivity index (χ3v) is 2.35. The van der Waals surface area contributed by atoms with Crippen molar-refractivity contribution < 1.29 is 4.74 Å². The summed E-state index contributed by atoms with van der Waals surface area (Å²) in [6, 6.07) is 9.45. The second-order valence-electron chi connectivity index (χ2n) is 3.23. The molecule has 0 saturated heterocycles. The van der Waals surface area contributed by atoms with E-state index in [9.17, 15) is 0 Å². The monoisotopic (exact) mass is 234 g/mol. The van der Waals surface area contributed by atoms with Crippen LogP contribution in [0.15, 0.2) is 42.7 Å². The van der Waals surface area contributed by atoms with Crippen LogP contribution in [0.2, 0.25) is 0 Å². The van der Waals surface area contributed by atoms with Crippen molar-refractivity contribution in [3.8, 4) is 5.75 Å². The van der Waals surface area contributed by atoms with Gasteiger partial charge in [0.25, 0.3) is 0 Å². The van der Waals surface area contributed by atoms with Gasteiger partial charge in [0.2, 0.25) is 0 Å². The van der Waals surface area contributed by atoms with Gasteiger partial charge in [0.15, 0.2) is 5.82 Å². The predicted octanol–water partition coefficient (Wildman–Crippen LogP) is 2.79. The van der Waals surface area contributed by atoms with Crippen LogP contribution in [-0.2, 0) is 12.5 Å². The summed E-state index contributed by atoms with van der Waals surface area (Å²) < 4.78 is 5.55. The van der Waals surface area contributed by atoms with Crippen LogP contribution in [0.3, 0.4) is 0 Å². The number of benzene rings is 1. The predicted molar refractivity (Wildman–Crippen MR) is 62.4 cm³/mol. The third kappa shape index (κ3) is 2.94. The van der Waals surface area contributed by atoms with Crippen LogP contribution in [0.5, 0.6) is 5.75 Å². The maximum atomic E-state index is 5.74. The molecule has 2 rings (SSSR count). The normalized spacial score (nSPS) is 10.1. The highest BCUT2D eigenvalue weighted by molar-refractivity contribution is 6.17. The minimum atomic E-state index is 0.368. The smallest absolute Gasteiger partial charge is 0.166 e. The average Bonchev–Trinajstić information content (AvgIpc) is 2.38. The zero-order chi connectivity index (χ0) is 11.2. The van der Waals surface area contributed by atoms with Crippen LogP contribution in [0.1, 0.15) is 11.4 Å². The van der Waals surface area contributed by atoms with Crippen LogP contribution in [-0.4, -0.2) is 9.97 Å². The Morgan fingerprint density at radius 3 is 2.69 bits per heavy atom. The summed E-state index contributed by atoms with van der Waals surface area (Å²) >= 11 is 5.74. The van der Waals surface area contributed by atoms with Crippen molar-refractivity contribution in [3.05, 3.63) is 54.1 Å². The molecule has 0 aliphatic rings.